The van der Waals surface area contributed by atoms with Gasteiger partial charge in [-0.25, -0.2) is 0 Å². The van der Waals surface area contributed by atoms with Crippen molar-refractivity contribution < 1.29 is 4.79 Å². The molecule has 0 spiro atoms. The van der Waals surface area contributed by atoms with Gasteiger partial charge >= 0.3 is 0 Å². The molecule has 2 nitrogen and oxygen atoms in total. The number of hydrogen-bond acceptors (Lipinski definition) is 2. The highest BCUT2D eigenvalue weighted by molar-refractivity contribution is 5.78. The molecule has 0 aliphatic heterocycles. The van der Waals surface area contributed by atoms with Crippen molar-refractivity contribution in [1.82, 2.24) is 4.98 Å². The van der Waals surface area contributed by atoms with Crippen LogP contribution in [-0.4, -0.2) is 10.8 Å². The van der Waals surface area contributed by atoms with Gasteiger partial charge in [0.25, 0.3) is 0 Å². The first-order valence-electron chi connectivity index (χ1n) is 5.76. The molecule has 0 atom stereocenters. The summed E-state index contributed by atoms with van der Waals surface area (Å²) >= 11 is 0. The summed E-state index contributed by atoms with van der Waals surface area (Å²) < 4.78 is 0. The minimum absolute atomic E-state index is 0.396. The molecule has 1 saturated carbocycles. The molecule has 1 aliphatic rings. The molecule has 1 aromatic rings. The van der Waals surface area contributed by atoms with E-state index in [0.717, 1.165) is 30.9 Å². The summed E-state index contributed by atoms with van der Waals surface area (Å²) in [6.45, 7) is 0. The number of rotatable bonds is 6. The lowest BCUT2D eigenvalue weighted by Gasteiger charge is -2.00. The molecule has 1 heterocycles. The number of ketones is 1. The number of Topliss-reactive ketones (excluding diaryl/α,β-unsaturated/α-hetero) is 1. The van der Waals surface area contributed by atoms with E-state index in [9.17, 15) is 4.79 Å². The molecule has 2 heteroatoms. The van der Waals surface area contributed by atoms with Crippen LogP contribution in [0.5, 0.6) is 0 Å². The highest BCUT2D eigenvalue weighted by Gasteiger charge is 2.21. The first-order valence-corrected chi connectivity index (χ1v) is 5.76. The standard InChI is InChI=1S/C13H17NO/c15-13(8-6-11-4-5-11)9-7-12-3-1-2-10-14-12/h1-3,10-11H,4-9H2. The number of carbonyl (C=O) groups excluding carboxylic acids is 1. The smallest absolute Gasteiger partial charge is 0.133 e. The Hall–Kier alpha value is -1.18. The molecule has 0 amide bonds. The van der Waals surface area contributed by atoms with Crippen LogP contribution in [0.25, 0.3) is 0 Å². The van der Waals surface area contributed by atoms with Gasteiger partial charge in [-0.1, -0.05) is 18.9 Å². The zero-order valence-corrected chi connectivity index (χ0v) is 8.98. The summed E-state index contributed by atoms with van der Waals surface area (Å²) in [6, 6.07) is 5.85. The van der Waals surface area contributed by atoms with Crippen molar-refractivity contribution >= 4 is 5.78 Å². The normalized spacial score (nSPS) is 15.2. The van der Waals surface area contributed by atoms with E-state index in [2.05, 4.69) is 4.98 Å². The Kier molecular flexibility index (Phi) is 3.49. The summed E-state index contributed by atoms with van der Waals surface area (Å²) in [4.78, 5) is 15.7. The van der Waals surface area contributed by atoms with E-state index in [4.69, 9.17) is 0 Å². The van der Waals surface area contributed by atoms with Gasteiger partial charge in [0, 0.05) is 24.7 Å². The molecule has 0 unspecified atom stereocenters. The van der Waals surface area contributed by atoms with Gasteiger partial charge in [0.2, 0.25) is 0 Å². The summed E-state index contributed by atoms with van der Waals surface area (Å²) in [5.41, 5.74) is 1.03. The van der Waals surface area contributed by atoms with Crippen LogP contribution in [0.3, 0.4) is 0 Å². The average Bonchev–Trinajstić information content (AvgIpc) is 3.09. The Morgan fingerprint density at radius 2 is 2.20 bits per heavy atom. The molecular weight excluding hydrogens is 186 g/mol. The zero-order valence-electron chi connectivity index (χ0n) is 8.98. The second kappa shape index (κ2) is 5.06. The van der Waals surface area contributed by atoms with Gasteiger partial charge in [0.15, 0.2) is 0 Å². The van der Waals surface area contributed by atoms with Gasteiger partial charge in [0.1, 0.15) is 5.78 Å². The van der Waals surface area contributed by atoms with Crippen LogP contribution in [0.15, 0.2) is 24.4 Å². The van der Waals surface area contributed by atoms with Crippen LogP contribution in [0, 0.1) is 5.92 Å². The predicted octanol–water partition coefficient (Wildman–Crippen LogP) is 2.77. The second-order valence-electron chi connectivity index (χ2n) is 4.34. The van der Waals surface area contributed by atoms with Crippen molar-refractivity contribution in [3.63, 3.8) is 0 Å². The number of aromatic nitrogens is 1. The van der Waals surface area contributed by atoms with E-state index in [0.29, 0.717) is 12.2 Å². The van der Waals surface area contributed by atoms with Gasteiger partial charge in [-0.3, -0.25) is 9.78 Å². The first-order chi connectivity index (χ1) is 7.34. The summed E-state index contributed by atoms with van der Waals surface area (Å²) in [7, 11) is 0. The second-order valence-corrected chi connectivity index (χ2v) is 4.34. The largest absolute Gasteiger partial charge is 0.300 e. The third-order valence-corrected chi connectivity index (χ3v) is 2.91. The molecule has 15 heavy (non-hydrogen) atoms. The SMILES string of the molecule is O=C(CCc1ccccn1)CCC1CC1. The van der Waals surface area contributed by atoms with Gasteiger partial charge in [-0.2, -0.15) is 0 Å². The van der Waals surface area contributed by atoms with E-state index < -0.39 is 0 Å². The topological polar surface area (TPSA) is 30.0 Å². The fourth-order valence-corrected chi connectivity index (χ4v) is 1.71. The summed E-state index contributed by atoms with van der Waals surface area (Å²) in [6.07, 6.45) is 7.80. The molecule has 1 aromatic heterocycles. The fourth-order valence-electron chi connectivity index (χ4n) is 1.71. The van der Waals surface area contributed by atoms with E-state index in [-0.39, 0.29) is 0 Å². The van der Waals surface area contributed by atoms with Crippen LogP contribution in [0.4, 0.5) is 0 Å². The van der Waals surface area contributed by atoms with E-state index in [1.807, 2.05) is 18.2 Å². The van der Waals surface area contributed by atoms with E-state index >= 15 is 0 Å². The van der Waals surface area contributed by atoms with E-state index in [1.54, 1.807) is 6.20 Å². The van der Waals surface area contributed by atoms with Crippen LogP contribution in [0.2, 0.25) is 0 Å². The molecule has 2 rings (SSSR count). The van der Waals surface area contributed by atoms with Crippen LogP contribution >= 0.6 is 0 Å². The Morgan fingerprint density at radius 3 is 2.87 bits per heavy atom. The first kappa shape index (κ1) is 10.3. The lowest BCUT2D eigenvalue weighted by molar-refractivity contribution is -0.119. The maximum absolute atomic E-state index is 11.5. The highest BCUT2D eigenvalue weighted by atomic mass is 16.1. The number of nitrogens with zero attached hydrogens (tertiary/aromatic N) is 1. The Morgan fingerprint density at radius 1 is 1.33 bits per heavy atom. The third kappa shape index (κ3) is 3.82. The highest BCUT2D eigenvalue weighted by Crippen LogP contribution is 2.33. The van der Waals surface area contributed by atoms with Crippen LogP contribution < -0.4 is 0 Å². The van der Waals surface area contributed by atoms with Gasteiger partial charge in [0.05, 0.1) is 0 Å². The average molecular weight is 203 g/mol. The van der Waals surface area contributed by atoms with Crippen LogP contribution in [0.1, 0.15) is 37.8 Å². The van der Waals surface area contributed by atoms with Crippen LogP contribution in [-0.2, 0) is 11.2 Å². The molecule has 0 bridgehead atoms. The van der Waals surface area contributed by atoms with Crippen molar-refractivity contribution in [2.24, 2.45) is 5.92 Å². The maximum Gasteiger partial charge on any atom is 0.133 e. The molecule has 0 N–H and O–H groups in total. The Bertz CT molecular complexity index is 317. The lowest BCUT2D eigenvalue weighted by atomic mass is 10.1. The monoisotopic (exact) mass is 203 g/mol. The Labute approximate surface area is 90.7 Å². The van der Waals surface area contributed by atoms with Crippen molar-refractivity contribution in [3.8, 4) is 0 Å². The fraction of sp³-hybridized carbons (Fsp3) is 0.538. The zero-order chi connectivity index (χ0) is 10.5. The molecule has 1 aliphatic carbocycles. The van der Waals surface area contributed by atoms with Crippen molar-refractivity contribution in [1.29, 1.82) is 0 Å². The van der Waals surface area contributed by atoms with Crippen molar-refractivity contribution in [2.45, 2.75) is 38.5 Å². The number of aryl methyl sites for hydroxylation is 1. The maximum atomic E-state index is 11.5. The van der Waals surface area contributed by atoms with E-state index in [1.165, 1.54) is 12.8 Å². The third-order valence-electron chi connectivity index (χ3n) is 2.91. The molecule has 1 fully saturated rings. The van der Waals surface area contributed by atoms with Gasteiger partial charge < -0.3 is 0 Å². The summed E-state index contributed by atoms with van der Waals surface area (Å²) in [5.74, 6) is 1.26. The number of pyridine rings is 1. The number of hydrogen-bond donors (Lipinski definition) is 0. The van der Waals surface area contributed by atoms with Crippen molar-refractivity contribution in [2.75, 3.05) is 0 Å². The van der Waals surface area contributed by atoms with Gasteiger partial charge in [-0.05, 0) is 30.9 Å². The molecule has 0 saturated heterocycles. The minimum Gasteiger partial charge on any atom is -0.300 e. The predicted molar refractivity (Wildman–Crippen MR) is 59.5 cm³/mol. The van der Waals surface area contributed by atoms with Crippen molar-refractivity contribution in [3.05, 3.63) is 30.1 Å². The quantitative estimate of drug-likeness (QED) is 0.711. The molecule has 80 valence electrons. The summed E-state index contributed by atoms with van der Waals surface area (Å²) in [5, 5.41) is 0. The molecule has 0 radical (unpaired) electrons. The number of carbonyl (C=O) groups is 1. The van der Waals surface area contributed by atoms with Gasteiger partial charge in [-0.15, -0.1) is 0 Å². The Balaban J connectivity index is 1.66. The minimum atomic E-state index is 0.396. The molecular formula is C13H17NO. The molecule has 0 aromatic carbocycles. The lowest BCUT2D eigenvalue weighted by Crippen LogP contribution is -2.01.